The van der Waals surface area contributed by atoms with E-state index in [2.05, 4.69) is 18.9 Å². The highest BCUT2D eigenvalue weighted by molar-refractivity contribution is 4.87. The fourth-order valence-electron chi connectivity index (χ4n) is 5.98. The van der Waals surface area contributed by atoms with Gasteiger partial charge in [-0.05, 0) is 0 Å². The average molecular weight is 1070 g/mol. The Balaban J connectivity index is -0.000000176. The third-order valence-electron chi connectivity index (χ3n) is 10.7. The molecule has 5 aliphatic rings. The number of rotatable bonds is 6. The lowest BCUT2D eigenvalue weighted by Gasteiger charge is -2.35. The highest BCUT2D eigenvalue weighted by Crippen LogP contribution is 2.23. The van der Waals surface area contributed by atoms with E-state index in [9.17, 15) is 40.9 Å². The lowest BCUT2D eigenvalue weighted by molar-refractivity contribution is -0.195. The van der Waals surface area contributed by atoms with Crippen LogP contribution < -0.4 is 0 Å². The molecule has 5 rings (SSSR count). The van der Waals surface area contributed by atoms with Crippen molar-refractivity contribution < 1.29 is 124 Å². The number of aliphatic hydroxyl groups is 15. The van der Waals surface area contributed by atoms with Crippen LogP contribution in [0.5, 0.6) is 0 Å². The molecule has 0 bridgehead atoms. The zero-order chi connectivity index (χ0) is 57.7. The molecule has 0 aromatic rings. The van der Waals surface area contributed by atoms with Gasteiger partial charge in [-0.1, -0.05) is 55.4 Å². The summed E-state index contributed by atoms with van der Waals surface area (Å²) in [5.74, 6) is -0.804. The number of ether oxygens (including phenoxy) is 10. The van der Waals surface area contributed by atoms with Crippen molar-refractivity contribution in [1.29, 1.82) is 0 Å². The zero-order valence-corrected chi connectivity index (χ0v) is 46.4. The Morgan fingerprint density at radius 1 is 0.306 bits per heavy atom. The van der Waals surface area contributed by atoms with Gasteiger partial charge in [-0.15, -0.1) is 0 Å². The van der Waals surface area contributed by atoms with Gasteiger partial charge in [-0.3, -0.25) is 0 Å². The van der Waals surface area contributed by atoms with Gasteiger partial charge in [0.25, 0.3) is 0 Å². The molecule has 0 amide bonds. The van der Waals surface area contributed by atoms with Crippen molar-refractivity contribution in [3.05, 3.63) is 0 Å². The lowest BCUT2D eigenvalue weighted by Crippen LogP contribution is -2.53. The van der Waals surface area contributed by atoms with Crippen LogP contribution in [-0.2, 0) is 47.4 Å². The topological polar surface area (TPSA) is 396 Å². The van der Waals surface area contributed by atoms with Crippen molar-refractivity contribution in [3.8, 4) is 0 Å². The van der Waals surface area contributed by atoms with E-state index < -0.39 is 91.6 Å². The predicted octanol–water partition coefficient (Wildman–Crippen LogP) is -3.84. The van der Waals surface area contributed by atoms with E-state index in [1.54, 1.807) is 91.7 Å². The monoisotopic (exact) mass is 1070 g/mol. The number of hydrogen-bond donors (Lipinski definition) is 15. The highest BCUT2D eigenvalue weighted by atomic mass is 16.6. The van der Waals surface area contributed by atoms with Crippen LogP contribution in [0.25, 0.3) is 0 Å². The molecule has 15 N–H and O–H groups in total. The van der Waals surface area contributed by atoms with Gasteiger partial charge in [0, 0.05) is 87.7 Å². The van der Waals surface area contributed by atoms with Gasteiger partial charge in [0.05, 0.1) is 115 Å². The first-order chi connectivity index (χ1) is 34.0. The van der Waals surface area contributed by atoms with E-state index in [-0.39, 0.29) is 89.2 Å². The molecule has 0 aliphatic carbocycles. The Hall–Kier alpha value is -1.00. The summed E-state index contributed by atoms with van der Waals surface area (Å²) < 4.78 is 46.8. The molecule has 20 atom stereocenters. The van der Waals surface area contributed by atoms with Gasteiger partial charge in [0.1, 0.15) is 48.8 Å². The quantitative estimate of drug-likeness (QED) is 0.121. The van der Waals surface area contributed by atoms with Gasteiger partial charge in [-0.25, -0.2) is 0 Å². The molecule has 25 nitrogen and oxygen atoms in total. The molecular weight excluding hydrogens is 964 g/mol. The van der Waals surface area contributed by atoms with E-state index in [1.807, 2.05) is 27.7 Å². The van der Waals surface area contributed by atoms with Gasteiger partial charge < -0.3 is 124 Å². The summed E-state index contributed by atoms with van der Waals surface area (Å²) in [6.07, 6.45) is -11.5. The van der Waals surface area contributed by atoms with E-state index in [1.165, 1.54) is 0 Å². The summed E-state index contributed by atoms with van der Waals surface area (Å²) >= 11 is 0. The number of aliphatic hydroxyl groups excluding tert-OH is 15. The Labute approximate surface area is 430 Å². The van der Waals surface area contributed by atoms with E-state index >= 15 is 0 Å². The molecule has 0 spiro atoms. The molecule has 0 aromatic heterocycles. The summed E-state index contributed by atoms with van der Waals surface area (Å²) in [4.78, 5) is 0. The van der Waals surface area contributed by atoms with Crippen LogP contribution in [0.3, 0.4) is 0 Å². The summed E-state index contributed by atoms with van der Waals surface area (Å²) in [6.45, 7) is 15.3. The first kappa shape index (κ1) is 82.3. The molecule has 5 heterocycles. The zero-order valence-electron chi connectivity index (χ0n) is 46.4. The second kappa shape index (κ2) is 53.4. The first-order valence-corrected chi connectivity index (χ1v) is 24.1. The highest BCUT2D eigenvalue weighted by Gasteiger charge is 2.39. The van der Waals surface area contributed by atoms with Crippen LogP contribution in [0.1, 0.15) is 55.4 Å². The predicted molar refractivity (Wildman–Crippen MR) is 266 cm³/mol. The number of hydrogen-bond acceptors (Lipinski definition) is 25. The van der Waals surface area contributed by atoms with Crippen LogP contribution in [0, 0.1) is 23.7 Å². The molecule has 444 valence electrons. The maximum Gasteiger partial charge on any atom is 0.111 e. The fourth-order valence-corrected chi connectivity index (χ4v) is 5.98. The minimum Gasteiger partial charge on any atom is -0.394 e. The Morgan fingerprint density at radius 3 is 0.694 bits per heavy atom. The summed E-state index contributed by atoms with van der Waals surface area (Å²) in [5.41, 5.74) is 0. The van der Waals surface area contributed by atoms with Crippen molar-refractivity contribution in [2.24, 2.45) is 23.7 Å². The molecular formula is C47H106O25. The second-order valence-electron chi connectivity index (χ2n) is 16.4. The van der Waals surface area contributed by atoms with Crippen molar-refractivity contribution >= 4 is 0 Å². The second-order valence-corrected chi connectivity index (χ2v) is 16.4. The smallest absolute Gasteiger partial charge is 0.111 e. The molecule has 5 saturated heterocycles. The normalized spacial score (nSPS) is 36.3. The first-order valence-electron chi connectivity index (χ1n) is 24.1. The van der Waals surface area contributed by atoms with E-state index in [0.29, 0.717) is 6.61 Å². The van der Waals surface area contributed by atoms with Crippen molar-refractivity contribution in [2.45, 2.75) is 153 Å². The van der Waals surface area contributed by atoms with Crippen LogP contribution >= 0.6 is 0 Å². The molecule has 10 unspecified atom stereocenters. The average Bonchev–Trinajstić information content (AvgIpc) is 3.37. The fraction of sp³-hybridized carbons (Fsp3) is 1.00. The van der Waals surface area contributed by atoms with E-state index in [4.69, 9.17) is 64.2 Å². The third kappa shape index (κ3) is 35.4. The summed E-state index contributed by atoms with van der Waals surface area (Å²) in [7, 11) is 14.6. The molecule has 0 aromatic carbocycles. The molecule has 72 heavy (non-hydrogen) atoms. The van der Waals surface area contributed by atoms with Crippen molar-refractivity contribution in [3.63, 3.8) is 0 Å². The van der Waals surface area contributed by atoms with Gasteiger partial charge in [-0.2, -0.15) is 0 Å². The van der Waals surface area contributed by atoms with Crippen LogP contribution in [0.15, 0.2) is 0 Å². The largest absolute Gasteiger partial charge is 0.394 e. The summed E-state index contributed by atoms with van der Waals surface area (Å²) in [6, 6.07) is 0. The molecule has 5 fully saturated rings. The van der Waals surface area contributed by atoms with E-state index in [0.717, 1.165) is 0 Å². The Bertz CT molecular complexity index is 943. The standard InChI is InChI=1S/C8H16O4.3C7H14O4.C6H12O5.4C2H6O.2C2H6/c1-5-6(9)3-12-7(4-11-2)8(5)10;3*1-4-5(9)3-11-6(2-8)7(4)10;7-1-4-6(10)5(9)3(8)2-11-4;4*1-3-2;2*1-2/h5-10H,3-4H2,1-2H3;3*4-10H,2-3H2,1H3;3-10H,1-2H2;4*1-2H3;2*1-2H3/t5-,6?,7?,8-;3*4-,5?,6?,7-;3?,4?,5-,6+;;;;;;/m00000....../s1. The minimum atomic E-state index is -1.22. The van der Waals surface area contributed by atoms with Gasteiger partial charge in [0.2, 0.25) is 0 Å². The Kier molecular flexibility index (Phi) is 61.1. The van der Waals surface area contributed by atoms with Crippen LogP contribution in [0.2, 0.25) is 0 Å². The molecule has 5 aliphatic heterocycles. The number of methoxy groups -OCH3 is 5. The van der Waals surface area contributed by atoms with Crippen LogP contribution in [0.4, 0.5) is 0 Å². The molecule has 0 saturated carbocycles. The maximum absolute atomic E-state index is 9.57. The van der Waals surface area contributed by atoms with Crippen LogP contribution in [-0.4, -0.2) is 304 Å². The molecule has 0 radical (unpaired) electrons. The minimum absolute atomic E-state index is 0.0521. The van der Waals surface area contributed by atoms with Crippen molar-refractivity contribution in [2.75, 3.05) is 130 Å². The van der Waals surface area contributed by atoms with Gasteiger partial charge >= 0.3 is 0 Å². The molecule has 25 heteroatoms. The third-order valence-corrected chi connectivity index (χ3v) is 10.7. The Morgan fingerprint density at radius 2 is 0.486 bits per heavy atom. The van der Waals surface area contributed by atoms with Crippen molar-refractivity contribution in [1.82, 2.24) is 0 Å². The lowest BCUT2D eigenvalue weighted by atomic mass is 9.92. The van der Waals surface area contributed by atoms with Gasteiger partial charge in [0.15, 0.2) is 0 Å². The maximum atomic E-state index is 9.57. The SMILES string of the molecule is CC.CC.COC.COC.COC.COC.COCC1OCC(O)[C@H](C)[C@@H]1O.C[C@H]1C(O)COC(CO)[C@H]1O.C[C@H]1C(O)COC(CO)[C@H]1O.C[C@H]1C(O)COC(CO)[C@H]1O.OCC1OCC(O)[C@H](O)[C@@H]1O. The summed E-state index contributed by atoms with van der Waals surface area (Å²) in [5, 5.41) is 136.